The Morgan fingerprint density at radius 2 is 1.62 bits per heavy atom. The van der Waals surface area contributed by atoms with Crippen molar-refractivity contribution in [2.45, 2.75) is 6.42 Å². The molecule has 5 aromatic rings. The summed E-state index contributed by atoms with van der Waals surface area (Å²) in [5, 5.41) is 11.9. The van der Waals surface area contributed by atoms with Crippen molar-refractivity contribution in [3.05, 3.63) is 109 Å². The molecule has 186 valence electrons. The van der Waals surface area contributed by atoms with E-state index in [1.165, 1.54) is 0 Å². The van der Waals surface area contributed by atoms with E-state index in [0.717, 1.165) is 22.5 Å². The lowest BCUT2D eigenvalue weighted by molar-refractivity contribution is 0.0949. The summed E-state index contributed by atoms with van der Waals surface area (Å²) in [6.07, 6.45) is 6.20. The van der Waals surface area contributed by atoms with E-state index >= 15 is 0 Å². The molecule has 0 atom stereocenters. The van der Waals surface area contributed by atoms with Gasteiger partial charge in [-0.3, -0.25) is 4.79 Å². The third-order valence-corrected chi connectivity index (χ3v) is 6.05. The molecule has 1 N–H and O–H groups in total. The van der Waals surface area contributed by atoms with E-state index in [9.17, 15) is 4.79 Å². The quantitative estimate of drug-likeness (QED) is 0.321. The summed E-state index contributed by atoms with van der Waals surface area (Å²) in [4.78, 5) is 13.3. The van der Waals surface area contributed by atoms with Gasteiger partial charge in [0.25, 0.3) is 5.91 Å². The molecular formula is C29H27N5O3. The second kappa shape index (κ2) is 10.8. The van der Waals surface area contributed by atoms with Crippen LogP contribution in [0.5, 0.6) is 11.5 Å². The Balaban J connectivity index is 1.36. The van der Waals surface area contributed by atoms with E-state index in [1.807, 2.05) is 95.9 Å². The fourth-order valence-electron chi connectivity index (χ4n) is 4.11. The predicted octanol–water partition coefficient (Wildman–Crippen LogP) is 4.71. The van der Waals surface area contributed by atoms with Crippen LogP contribution < -0.4 is 14.8 Å². The van der Waals surface area contributed by atoms with Gasteiger partial charge in [-0.25, -0.2) is 9.36 Å². The van der Waals surface area contributed by atoms with Crippen LogP contribution in [-0.2, 0) is 6.42 Å². The Labute approximate surface area is 215 Å². The molecular weight excluding hydrogens is 466 g/mol. The van der Waals surface area contributed by atoms with Gasteiger partial charge in [-0.05, 0) is 60.0 Å². The first-order chi connectivity index (χ1) is 18.2. The van der Waals surface area contributed by atoms with E-state index < -0.39 is 0 Å². The van der Waals surface area contributed by atoms with Crippen LogP contribution in [0.25, 0.3) is 22.5 Å². The highest BCUT2D eigenvalue weighted by Crippen LogP contribution is 2.34. The third-order valence-electron chi connectivity index (χ3n) is 6.05. The summed E-state index contributed by atoms with van der Waals surface area (Å²) in [6, 6.07) is 25.3. The zero-order chi connectivity index (χ0) is 25.6. The second-order valence-corrected chi connectivity index (χ2v) is 8.36. The summed E-state index contributed by atoms with van der Waals surface area (Å²) < 4.78 is 14.4. The minimum absolute atomic E-state index is 0.243. The van der Waals surface area contributed by atoms with Crippen molar-refractivity contribution in [2.75, 3.05) is 20.8 Å². The van der Waals surface area contributed by atoms with Crippen molar-refractivity contribution in [1.82, 2.24) is 24.9 Å². The fourth-order valence-corrected chi connectivity index (χ4v) is 4.11. The number of amides is 1. The molecule has 5 rings (SSSR count). The molecule has 2 heterocycles. The number of ether oxygens (including phenoxy) is 2. The highest BCUT2D eigenvalue weighted by Gasteiger charge is 2.20. The molecule has 0 radical (unpaired) electrons. The first kappa shape index (κ1) is 23.9. The van der Waals surface area contributed by atoms with Crippen LogP contribution in [0.15, 0.2) is 97.5 Å². The molecule has 3 aromatic carbocycles. The Bertz CT molecular complexity index is 1480. The molecule has 0 aliphatic rings. The summed E-state index contributed by atoms with van der Waals surface area (Å²) in [7, 11) is 3.18. The van der Waals surface area contributed by atoms with Crippen LogP contribution in [0.4, 0.5) is 0 Å². The fraction of sp³-hybridized carbons (Fsp3) is 0.138. The van der Waals surface area contributed by atoms with Gasteiger partial charge in [-0.2, -0.15) is 10.2 Å². The lowest BCUT2D eigenvalue weighted by Crippen LogP contribution is -2.26. The van der Waals surface area contributed by atoms with Gasteiger partial charge in [-0.1, -0.05) is 36.4 Å². The maximum absolute atomic E-state index is 13.3. The molecule has 0 saturated heterocycles. The average molecular weight is 494 g/mol. The van der Waals surface area contributed by atoms with Crippen LogP contribution in [0.3, 0.4) is 0 Å². The number of benzene rings is 3. The lowest BCUT2D eigenvalue weighted by Gasteiger charge is -2.10. The first-order valence-corrected chi connectivity index (χ1v) is 11.9. The Morgan fingerprint density at radius 1 is 0.865 bits per heavy atom. The zero-order valence-corrected chi connectivity index (χ0v) is 20.7. The third kappa shape index (κ3) is 5.23. The van der Waals surface area contributed by atoms with Crippen LogP contribution in [0.2, 0.25) is 0 Å². The molecule has 1 amide bonds. The summed E-state index contributed by atoms with van der Waals surface area (Å²) >= 11 is 0. The highest BCUT2D eigenvalue weighted by atomic mass is 16.5. The number of carbonyl (C=O) groups is 1. The molecule has 0 aliphatic heterocycles. The van der Waals surface area contributed by atoms with Crippen molar-refractivity contribution < 1.29 is 14.3 Å². The monoisotopic (exact) mass is 493 g/mol. The molecule has 8 nitrogen and oxygen atoms in total. The number of para-hydroxylation sites is 1. The highest BCUT2D eigenvalue weighted by molar-refractivity contribution is 5.99. The van der Waals surface area contributed by atoms with Gasteiger partial charge in [0, 0.05) is 30.7 Å². The van der Waals surface area contributed by atoms with Crippen molar-refractivity contribution >= 4 is 5.91 Å². The van der Waals surface area contributed by atoms with E-state index in [0.29, 0.717) is 35.7 Å². The molecule has 37 heavy (non-hydrogen) atoms. The van der Waals surface area contributed by atoms with Crippen molar-refractivity contribution in [3.63, 3.8) is 0 Å². The summed E-state index contributed by atoms with van der Waals surface area (Å²) in [5.74, 6) is 0.955. The van der Waals surface area contributed by atoms with E-state index in [-0.39, 0.29) is 5.91 Å². The van der Waals surface area contributed by atoms with Gasteiger partial charge in [0.2, 0.25) is 0 Å². The van der Waals surface area contributed by atoms with Gasteiger partial charge >= 0.3 is 0 Å². The summed E-state index contributed by atoms with van der Waals surface area (Å²) in [5.41, 5.74) is 4.81. The van der Waals surface area contributed by atoms with Crippen LogP contribution >= 0.6 is 0 Å². The molecule has 0 fully saturated rings. The number of rotatable bonds is 9. The van der Waals surface area contributed by atoms with Crippen LogP contribution in [0, 0.1) is 0 Å². The van der Waals surface area contributed by atoms with Gasteiger partial charge in [0.15, 0.2) is 17.2 Å². The minimum atomic E-state index is -0.243. The lowest BCUT2D eigenvalue weighted by atomic mass is 10.1. The Morgan fingerprint density at radius 3 is 2.32 bits per heavy atom. The predicted molar refractivity (Wildman–Crippen MR) is 142 cm³/mol. The Kier molecular flexibility index (Phi) is 6.98. The molecule has 8 heteroatoms. The smallest absolute Gasteiger partial charge is 0.272 e. The normalized spacial score (nSPS) is 10.8. The first-order valence-electron chi connectivity index (χ1n) is 11.9. The van der Waals surface area contributed by atoms with E-state index in [4.69, 9.17) is 9.47 Å². The molecule has 2 aromatic heterocycles. The number of hydrogen-bond acceptors (Lipinski definition) is 5. The van der Waals surface area contributed by atoms with Crippen molar-refractivity contribution in [2.24, 2.45) is 0 Å². The standard InChI is InChI=1S/C29H27N5O3/c1-36-26-14-11-22(19-27(26)37-2)25-20-34(23-7-4-3-5-8-23)32-28(25)29(35)30-17-15-21-9-12-24(13-10-21)33-18-6-16-31-33/h3-14,16,18-20H,15,17H2,1-2H3,(H,30,35). The van der Waals surface area contributed by atoms with Gasteiger partial charge < -0.3 is 14.8 Å². The topological polar surface area (TPSA) is 83.2 Å². The number of aromatic nitrogens is 4. The largest absolute Gasteiger partial charge is 0.493 e. The van der Waals surface area contributed by atoms with Crippen LogP contribution in [-0.4, -0.2) is 46.2 Å². The SMILES string of the molecule is COc1ccc(-c2cn(-c3ccccc3)nc2C(=O)NCCc2ccc(-n3cccn3)cc2)cc1OC. The number of nitrogens with one attached hydrogen (secondary N) is 1. The maximum Gasteiger partial charge on any atom is 0.272 e. The molecule has 0 unspecified atom stereocenters. The van der Waals surface area contributed by atoms with Crippen molar-refractivity contribution in [1.29, 1.82) is 0 Å². The number of carbonyl (C=O) groups excluding carboxylic acids is 1. The number of hydrogen-bond donors (Lipinski definition) is 1. The zero-order valence-electron chi connectivity index (χ0n) is 20.7. The minimum Gasteiger partial charge on any atom is -0.493 e. The van der Waals surface area contributed by atoms with Gasteiger partial charge in [-0.15, -0.1) is 0 Å². The molecule has 0 spiro atoms. The second-order valence-electron chi connectivity index (χ2n) is 8.36. The Hall–Kier alpha value is -4.85. The van der Waals surface area contributed by atoms with E-state index in [2.05, 4.69) is 15.5 Å². The van der Waals surface area contributed by atoms with Crippen molar-refractivity contribution in [3.8, 4) is 34.0 Å². The van der Waals surface area contributed by atoms with E-state index in [1.54, 1.807) is 25.1 Å². The van der Waals surface area contributed by atoms with Crippen LogP contribution in [0.1, 0.15) is 16.1 Å². The van der Waals surface area contributed by atoms with Gasteiger partial charge in [0.05, 0.1) is 25.6 Å². The van der Waals surface area contributed by atoms with Gasteiger partial charge in [0.1, 0.15) is 0 Å². The maximum atomic E-state index is 13.3. The average Bonchev–Trinajstić information content (AvgIpc) is 3.65. The molecule has 0 bridgehead atoms. The number of methoxy groups -OCH3 is 2. The molecule has 0 saturated carbocycles. The number of nitrogens with zero attached hydrogens (tertiary/aromatic N) is 4. The molecule has 0 aliphatic carbocycles. The summed E-state index contributed by atoms with van der Waals surface area (Å²) in [6.45, 7) is 0.476.